The van der Waals surface area contributed by atoms with Crippen LogP contribution in [0.2, 0.25) is 0 Å². The molecule has 1 aromatic rings. The van der Waals surface area contributed by atoms with Gasteiger partial charge in [0.1, 0.15) is 0 Å². The van der Waals surface area contributed by atoms with Crippen molar-refractivity contribution in [2.45, 2.75) is 43.7 Å². The van der Waals surface area contributed by atoms with E-state index in [1.165, 1.54) is 18.4 Å². The summed E-state index contributed by atoms with van der Waals surface area (Å²) in [6, 6.07) is 6.89. The molecule has 8 heteroatoms. The Morgan fingerprint density at radius 2 is 1.88 bits per heavy atom. The number of nitrogens with one attached hydrogen (secondary N) is 2. The van der Waals surface area contributed by atoms with Crippen LogP contribution in [-0.2, 0) is 14.8 Å². The zero-order chi connectivity index (χ0) is 17.9. The van der Waals surface area contributed by atoms with Crippen LogP contribution in [0.1, 0.15) is 38.3 Å². The molecule has 2 rings (SSSR count). The fourth-order valence-electron chi connectivity index (χ4n) is 2.92. The van der Waals surface area contributed by atoms with E-state index < -0.39 is 10.0 Å². The molecule has 0 aromatic heterocycles. The zero-order valence-corrected chi connectivity index (χ0v) is 16.8. The Hall–Kier alpha value is -1.15. The Balaban J connectivity index is 0.00000312. The number of carbonyl (C=O) groups excluding carboxylic acids is 1. The van der Waals surface area contributed by atoms with E-state index in [2.05, 4.69) is 17.6 Å². The molecule has 1 amide bonds. The Labute approximate surface area is 156 Å². The number of amides is 1. The number of nitrogens with zero attached hydrogens (tertiary/aromatic N) is 1. The summed E-state index contributed by atoms with van der Waals surface area (Å²) < 4.78 is 25.3. The first-order chi connectivity index (χ1) is 11.2. The lowest BCUT2D eigenvalue weighted by Crippen LogP contribution is -2.42. The largest absolute Gasteiger partial charge is 0.349 e. The number of halogens is 1. The van der Waals surface area contributed by atoms with Crippen molar-refractivity contribution in [3.05, 3.63) is 29.8 Å². The van der Waals surface area contributed by atoms with E-state index >= 15 is 0 Å². The maximum absolute atomic E-state index is 12.4. The van der Waals surface area contributed by atoms with Crippen LogP contribution in [0.25, 0.3) is 0 Å². The highest BCUT2D eigenvalue weighted by Crippen LogP contribution is 2.21. The van der Waals surface area contributed by atoms with Crippen LogP contribution in [-0.4, -0.2) is 45.3 Å². The molecule has 1 saturated heterocycles. The van der Waals surface area contributed by atoms with E-state index in [0.29, 0.717) is 6.04 Å². The summed E-state index contributed by atoms with van der Waals surface area (Å²) in [5.41, 5.74) is 0.892. The summed E-state index contributed by atoms with van der Waals surface area (Å²) in [5.74, 6) is 0.109. The molecule has 0 aliphatic carbocycles. The van der Waals surface area contributed by atoms with Crippen LogP contribution < -0.4 is 10.6 Å². The topological polar surface area (TPSA) is 78.5 Å². The quantitative estimate of drug-likeness (QED) is 0.806. The van der Waals surface area contributed by atoms with Crippen LogP contribution in [0, 0.1) is 5.92 Å². The average Bonchev–Trinajstić information content (AvgIpc) is 2.54. The van der Waals surface area contributed by atoms with E-state index in [0.717, 1.165) is 24.9 Å². The smallest absolute Gasteiger partial charge is 0.242 e. The van der Waals surface area contributed by atoms with Gasteiger partial charge in [-0.1, -0.05) is 12.1 Å². The predicted molar refractivity (Wildman–Crippen MR) is 101 cm³/mol. The van der Waals surface area contributed by atoms with Gasteiger partial charge in [-0.05, 0) is 50.9 Å². The molecule has 1 fully saturated rings. The van der Waals surface area contributed by atoms with Crippen molar-refractivity contribution in [1.29, 1.82) is 0 Å². The normalized spacial score (nSPS) is 22.1. The van der Waals surface area contributed by atoms with Crippen LogP contribution in [0.4, 0.5) is 0 Å². The summed E-state index contributed by atoms with van der Waals surface area (Å²) in [5, 5.41) is 6.38. The van der Waals surface area contributed by atoms with E-state index in [1.54, 1.807) is 24.3 Å². The number of hydrogen-bond acceptors (Lipinski definition) is 4. The van der Waals surface area contributed by atoms with Crippen molar-refractivity contribution < 1.29 is 13.2 Å². The molecule has 0 saturated carbocycles. The highest BCUT2D eigenvalue weighted by Gasteiger charge is 2.26. The molecule has 1 aromatic carbocycles. The number of piperidine rings is 1. The molecule has 142 valence electrons. The Kier molecular flexibility index (Phi) is 7.87. The molecule has 1 aliphatic heterocycles. The zero-order valence-electron chi connectivity index (χ0n) is 15.2. The molecule has 1 heterocycles. The monoisotopic (exact) mass is 389 g/mol. The van der Waals surface area contributed by atoms with Gasteiger partial charge in [0, 0.05) is 26.1 Å². The molecule has 3 atom stereocenters. The van der Waals surface area contributed by atoms with E-state index in [-0.39, 0.29) is 35.2 Å². The summed E-state index contributed by atoms with van der Waals surface area (Å²) in [6.45, 7) is 4.87. The molecule has 2 N–H and O–H groups in total. The third-order valence-electron chi connectivity index (χ3n) is 4.51. The average molecular weight is 390 g/mol. The van der Waals surface area contributed by atoms with Gasteiger partial charge >= 0.3 is 0 Å². The molecule has 25 heavy (non-hydrogen) atoms. The first-order valence-corrected chi connectivity index (χ1v) is 9.72. The number of hydrogen-bond donors (Lipinski definition) is 2. The van der Waals surface area contributed by atoms with Crippen molar-refractivity contribution in [2.24, 2.45) is 5.92 Å². The van der Waals surface area contributed by atoms with Gasteiger partial charge in [-0.25, -0.2) is 12.7 Å². The summed E-state index contributed by atoms with van der Waals surface area (Å²) in [6.07, 6.45) is 1.70. The van der Waals surface area contributed by atoms with Crippen molar-refractivity contribution in [3.63, 3.8) is 0 Å². The van der Waals surface area contributed by atoms with Gasteiger partial charge in [-0.15, -0.1) is 12.4 Å². The number of rotatable bonds is 5. The lowest BCUT2D eigenvalue weighted by atomic mass is 9.92. The Bertz CT molecular complexity index is 677. The van der Waals surface area contributed by atoms with Crippen LogP contribution in [0.5, 0.6) is 0 Å². The van der Waals surface area contributed by atoms with Gasteiger partial charge in [-0.2, -0.15) is 0 Å². The highest BCUT2D eigenvalue weighted by molar-refractivity contribution is 7.89. The second-order valence-electron chi connectivity index (χ2n) is 6.66. The van der Waals surface area contributed by atoms with Gasteiger partial charge in [0.2, 0.25) is 15.9 Å². The molecular weight excluding hydrogens is 362 g/mol. The van der Waals surface area contributed by atoms with Crippen molar-refractivity contribution in [3.8, 4) is 0 Å². The van der Waals surface area contributed by atoms with Crippen molar-refractivity contribution in [1.82, 2.24) is 14.9 Å². The highest BCUT2D eigenvalue weighted by atomic mass is 35.5. The maximum Gasteiger partial charge on any atom is 0.242 e. The van der Waals surface area contributed by atoms with Crippen LogP contribution in [0.3, 0.4) is 0 Å². The summed E-state index contributed by atoms with van der Waals surface area (Å²) in [4.78, 5) is 12.7. The van der Waals surface area contributed by atoms with Crippen LogP contribution in [0.15, 0.2) is 29.2 Å². The van der Waals surface area contributed by atoms with Crippen LogP contribution >= 0.6 is 12.4 Å². The van der Waals surface area contributed by atoms with Gasteiger partial charge < -0.3 is 10.6 Å². The number of carbonyl (C=O) groups is 1. The maximum atomic E-state index is 12.4. The lowest BCUT2D eigenvalue weighted by molar-refractivity contribution is -0.126. The van der Waals surface area contributed by atoms with Crippen molar-refractivity contribution >= 4 is 28.3 Å². The Morgan fingerprint density at radius 3 is 2.40 bits per heavy atom. The van der Waals surface area contributed by atoms with E-state index in [4.69, 9.17) is 0 Å². The van der Waals surface area contributed by atoms with E-state index in [1.807, 2.05) is 6.92 Å². The van der Waals surface area contributed by atoms with Gasteiger partial charge in [-0.3, -0.25) is 4.79 Å². The number of sulfonamides is 1. The van der Waals surface area contributed by atoms with Gasteiger partial charge in [0.05, 0.1) is 10.9 Å². The molecule has 0 bridgehead atoms. The SMILES string of the molecule is CC(NC(=O)[C@H]1CCN[C@@H](C)C1)c1ccc(S(=O)(=O)N(C)C)cc1.Cl. The van der Waals surface area contributed by atoms with Gasteiger partial charge in [0.15, 0.2) is 0 Å². The minimum Gasteiger partial charge on any atom is -0.349 e. The first kappa shape index (κ1) is 21.9. The molecule has 0 radical (unpaired) electrons. The standard InChI is InChI=1S/C17H27N3O3S.ClH/c1-12-11-15(9-10-18-12)17(21)19-13(2)14-5-7-16(8-6-14)24(22,23)20(3)4;/h5-8,12-13,15,18H,9-11H2,1-4H3,(H,19,21);1H/t12-,13?,15-;/m0./s1. The summed E-state index contributed by atoms with van der Waals surface area (Å²) >= 11 is 0. The third-order valence-corrected chi connectivity index (χ3v) is 6.34. The molecule has 1 unspecified atom stereocenters. The minimum atomic E-state index is -3.43. The van der Waals surface area contributed by atoms with Gasteiger partial charge in [0.25, 0.3) is 0 Å². The van der Waals surface area contributed by atoms with Crippen molar-refractivity contribution in [2.75, 3.05) is 20.6 Å². The fourth-order valence-corrected chi connectivity index (χ4v) is 3.83. The second-order valence-corrected chi connectivity index (χ2v) is 8.82. The third kappa shape index (κ3) is 5.41. The molecular formula is C17H28ClN3O3S. The molecule has 1 aliphatic rings. The fraction of sp³-hybridized carbons (Fsp3) is 0.588. The Morgan fingerprint density at radius 1 is 1.28 bits per heavy atom. The predicted octanol–water partition coefficient (Wildman–Crippen LogP) is 1.92. The van der Waals surface area contributed by atoms with E-state index in [9.17, 15) is 13.2 Å². The molecule has 6 nitrogen and oxygen atoms in total. The number of benzene rings is 1. The second kappa shape index (κ2) is 8.98. The minimum absolute atomic E-state index is 0. The summed E-state index contributed by atoms with van der Waals surface area (Å²) in [7, 11) is -0.415. The molecule has 0 spiro atoms. The lowest BCUT2D eigenvalue weighted by Gasteiger charge is -2.28. The first-order valence-electron chi connectivity index (χ1n) is 8.28.